The van der Waals surface area contributed by atoms with Crippen LogP contribution >= 0.6 is 15.9 Å². The number of fused-ring (bicyclic) bond motifs is 2. The molecule has 0 amide bonds. The molecule has 0 aromatic carbocycles. The highest BCUT2D eigenvalue weighted by Gasteiger charge is 2.35. The number of halogens is 1. The van der Waals surface area contributed by atoms with Crippen LogP contribution < -0.4 is 5.32 Å². The minimum absolute atomic E-state index is 0.713. The van der Waals surface area contributed by atoms with Gasteiger partial charge in [-0.25, -0.2) is 0 Å². The molecule has 2 aliphatic rings. The molecule has 1 aromatic rings. The molecular weight excluding hydrogens is 292 g/mol. The number of aromatic nitrogens is 2. The van der Waals surface area contributed by atoms with Gasteiger partial charge in [0.05, 0.1) is 16.4 Å². The molecule has 2 bridgehead atoms. The average molecular weight is 313 g/mol. The minimum atomic E-state index is 0.713. The highest BCUT2D eigenvalue weighted by Crippen LogP contribution is 2.30. The molecule has 1 aromatic heterocycles. The molecule has 0 spiro atoms. The summed E-state index contributed by atoms with van der Waals surface area (Å²) in [6.45, 7) is 0.973. The molecule has 5 heteroatoms. The van der Waals surface area contributed by atoms with Crippen LogP contribution in [0.2, 0.25) is 0 Å². The Labute approximate surface area is 117 Å². The molecular formula is C13H21BrN4. The molecule has 0 radical (unpaired) electrons. The zero-order valence-corrected chi connectivity index (χ0v) is 12.7. The standard InChI is InChI=1S/C13H21BrN4/c1-17(8-13-12(14)7-15-18(13)2)11-5-9-3-4-10(6-11)16-9/h7,9-11,16H,3-6,8H2,1-2H3. The number of piperidine rings is 1. The van der Waals surface area contributed by atoms with Crippen LogP contribution in [-0.2, 0) is 13.6 Å². The molecule has 100 valence electrons. The Balaban J connectivity index is 1.66. The van der Waals surface area contributed by atoms with E-state index in [0.717, 1.165) is 23.1 Å². The Morgan fingerprint density at radius 1 is 1.44 bits per heavy atom. The van der Waals surface area contributed by atoms with Crippen LogP contribution in [0.5, 0.6) is 0 Å². The van der Waals surface area contributed by atoms with Crippen LogP contribution in [0.15, 0.2) is 10.7 Å². The molecule has 2 atom stereocenters. The Bertz CT molecular complexity index is 399. The zero-order chi connectivity index (χ0) is 12.7. The third kappa shape index (κ3) is 2.36. The normalized spacial score (nSPS) is 31.2. The maximum atomic E-state index is 4.29. The van der Waals surface area contributed by atoms with E-state index in [1.54, 1.807) is 0 Å². The number of nitrogens with one attached hydrogen (secondary N) is 1. The predicted molar refractivity (Wildman–Crippen MR) is 75.3 cm³/mol. The van der Waals surface area contributed by atoms with Gasteiger partial charge in [-0.2, -0.15) is 5.10 Å². The van der Waals surface area contributed by atoms with Crippen molar-refractivity contribution in [3.8, 4) is 0 Å². The Kier molecular flexibility index (Phi) is 3.47. The lowest BCUT2D eigenvalue weighted by atomic mass is 9.98. The summed E-state index contributed by atoms with van der Waals surface area (Å²) in [4.78, 5) is 2.49. The van der Waals surface area contributed by atoms with E-state index in [9.17, 15) is 0 Å². The van der Waals surface area contributed by atoms with Gasteiger partial charge in [-0.05, 0) is 48.7 Å². The monoisotopic (exact) mass is 312 g/mol. The average Bonchev–Trinajstić information content (AvgIpc) is 2.85. The SMILES string of the molecule is CN(Cc1c(Br)cnn1C)C1CC2CCC(C1)N2. The first-order chi connectivity index (χ1) is 8.63. The fourth-order valence-corrected chi connectivity index (χ4v) is 3.84. The van der Waals surface area contributed by atoms with Crippen molar-refractivity contribution in [2.24, 2.45) is 7.05 Å². The molecule has 1 N–H and O–H groups in total. The van der Waals surface area contributed by atoms with Crippen molar-refractivity contribution in [1.82, 2.24) is 20.0 Å². The second-order valence-electron chi connectivity index (χ2n) is 5.74. The third-order valence-electron chi connectivity index (χ3n) is 4.48. The number of hydrogen-bond donors (Lipinski definition) is 1. The van der Waals surface area contributed by atoms with Crippen molar-refractivity contribution in [3.63, 3.8) is 0 Å². The van der Waals surface area contributed by atoms with Crippen LogP contribution in [0, 0.1) is 0 Å². The van der Waals surface area contributed by atoms with E-state index in [0.29, 0.717) is 6.04 Å². The summed E-state index contributed by atoms with van der Waals surface area (Å²) in [5.74, 6) is 0. The lowest BCUT2D eigenvalue weighted by molar-refractivity contribution is 0.162. The second kappa shape index (κ2) is 4.94. The molecule has 2 saturated heterocycles. The summed E-state index contributed by atoms with van der Waals surface area (Å²) < 4.78 is 3.09. The van der Waals surface area contributed by atoms with Crippen molar-refractivity contribution in [1.29, 1.82) is 0 Å². The van der Waals surface area contributed by atoms with Gasteiger partial charge in [-0.3, -0.25) is 9.58 Å². The van der Waals surface area contributed by atoms with Crippen molar-refractivity contribution < 1.29 is 0 Å². The maximum absolute atomic E-state index is 4.29. The van der Waals surface area contributed by atoms with Crippen LogP contribution in [0.1, 0.15) is 31.4 Å². The summed E-state index contributed by atoms with van der Waals surface area (Å²) in [7, 11) is 4.26. The first-order valence-corrected chi connectivity index (χ1v) is 7.55. The summed E-state index contributed by atoms with van der Waals surface area (Å²) >= 11 is 3.58. The fraction of sp³-hybridized carbons (Fsp3) is 0.769. The maximum Gasteiger partial charge on any atom is 0.0663 e. The topological polar surface area (TPSA) is 33.1 Å². The van der Waals surface area contributed by atoms with Crippen molar-refractivity contribution in [3.05, 3.63) is 16.4 Å². The van der Waals surface area contributed by atoms with Gasteiger partial charge in [0, 0.05) is 31.7 Å². The molecule has 2 aliphatic heterocycles. The van der Waals surface area contributed by atoms with Crippen LogP contribution in [0.4, 0.5) is 0 Å². The number of hydrogen-bond acceptors (Lipinski definition) is 3. The smallest absolute Gasteiger partial charge is 0.0663 e. The molecule has 4 nitrogen and oxygen atoms in total. The summed E-state index contributed by atoms with van der Waals surface area (Å²) in [5, 5.41) is 7.99. The zero-order valence-electron chi connectivity index (χ0n) is 11.1. The van der Waals surface area contributed by atoms with Crippen molar-refractivity contribution >= 4 is 15.9 Å². The summed E-state index contributed by atoms with van der Waals surface area (Å²) in [6, 6.07) is 2.22. The van der Waals surface area contributed by atoms with E-state index in [2.05, 4.69) is 38.3 Å². The molecule has 2 fully saturated rings. The van der Waals surface area contributed by atoms with Gasteiger partial charge in [-0.15, -0.1) is 0 Å². The van der Waals surface area contributed by atoms with Gasteiger partial charge in [0.1, 0.15) is 0 Å². The van der Waals surface area contributed by atoms with Crippen LogP contribution in [0.3, 0.4) is 0 Å². The summed E-state index contributed by atoms with van der Waals surface area (Å²) in [6.07, 6.45) is 7.20. The molecule has 3 heterocycles. The lowest BCUT2D eigenvalue weighted by Crippen LogP contribution is -2.46. The summed E-state index contributed by atoms with van der Waals surface area (Å²) in [5.41, 5.74) is 1.27. The van der Waals surface area contributed by atoms with E-state index in [4.69, 9.17) is 0 Å². The van der Waals surface area contributed by atoms with Gasteiger partial charge in [-0.1, -0.05) is 0 Å². The van der Waals surface area contributed by atoms with Gasteiger partial charge in [0.15, 0.2) is 0 Å². The molecule has 0 saturated carbocycles. The Hall–Kier alpha value is -0.390. The number of nitrogens with zero attached hydrogens (tertiary/aromatic N) is 3. The van der Waals surface area contributed by atoms with E-state index in [1.807, 2.05) is 17.9 Å². The Morgan fingerprint density at radius 2 is 2.11 bits per heavy atom. The van der Waals surface area contributed by atoms with E-state index >= 15 is 0 Å². The van der Waals surface area contributed by atoms with Gasteiger partial charge >= 0.3 is 0 Å². The number of aryl methyl sites for hydroxylation is 1. The van der Waals surface area contributed by atoms with Crippen LogP contribution in [0.25, 0.3) is 0 Å². The molecule has 3 rings (SSSR count). The lowest BCUT2D eigenvalue weighted by Gasteiger charge is -2.35. The quantitative estimate of drug-likeness (QED) is 0.925. The Morgan fingerprint density at radius 3 is 2.67 bits per heavy atom. The first-order valence-electron chi connectivity index (χ1n) is 6.76. The van der Waals surface area contributed by atoms with E-state index < -0.39 is 0 Å². The minimum Gasteiger partial charge on any atom is -0.311 e. The van der Waals surface area contributed by atoms with E-state index in [1.165, 1.54) is 31.4 Å². The first kappa shape index (κ1) is 12.6. The van der Waals surface area contributed by atoms with E-state index in [-0.39, 0.29) is 0 Å². The van der Waals surface area contributed by atoms with Gasteiger partial charge in [0.2, 0.25) is 0 Å². The fourth-order valence-electron chi connectivity index (χ4n) is 3.37. The van der Waals surface area contributed by atoms with Crippen LogP contribution in [-0.4, -0.2) is 39.9 Å². The predicted octanol–water partition coefficient (Wildman–Crippen LogP) is 1.90. The van der Waals surface area contributed by atoms with Crippen molar-refractivity contribution in [2.45, 2.75) is 50.4 Å². The van der Waals surface area contributed by atoms with Gasteiger partial charge in [0.25, 0.3) is 0 Å². The van der Waals surface area contributed by atoms with Crippen molar-refractivity contribution in [2.75, 3.05) is 7.05 Å². The third-order valence-corrected chi connectivity index (χ3v) is 5.14. The largest absolute Gasteiger partial charge is 0.311 e. The molecule has 2 unspecified atom stereocenters. The highest BCUT2D eigenvalue weighted by atomic mass is 79.9. The molecule has 0 aliphatic carbocycles. The van der Waals surface area contributed by atoms with Gasteiger partial charge < -0.3 is 5.32 Å². The number of rotatable bonds is 3. The molecule has 18 heavy (non-hydrogen) atoms. The second-order valence-corrected chi connectivity index (χ2v) is 6.60. The highest BCUT2D eigenvalue weighted by molar-refractivity contribution is 9.10.